The quantitative estimate of drug-likeness (QED) is 0.257. The zero-order chi connectivity index (χ0) is 31.4. The predicted molar refractivity (Wildman–Crippen MR) is 156 cm³/mol. The summed E-state index contributed by atoms with van der Waals surface area (Å²) in [5.74, 6) is -2.79. The summed E-state index contributed by atoms with van der Waals surface area (Å²) in [4.78, 5) is 36.4. The van der Waals surface area contributed by atoms with E-state index in [2.05, 4.69) is 10.3 Å². The number of para-hydroxylation sites is 1. The molecule has 44 heavy (non-hydrogen) atoms. The Morgan fingerprint density at radius 3 is 2.57 bits per heavy atom. The van der Waals surface area contributed by atoms with E-state index < -0.39 is 30.3 Å². The van der Waals surface area contributed by atoms with E-state index in [9.17, 15) is 22.8 Å². The Kier molecular flexibility index (Phi) is 9.40. The van der Waals surface area contributed by atoms with Crippen LogP contribution in [0.3, 0.4) is 0 Å². The van der Waals surface area contributed by atoms with E-state index in [4.69, 9.17) is 14.7 Å². The third-order valence-electron chi connectivity index (χ3n) is 7.62. The van der Waals surface area contributed by atoms with Crippen LogP contribution in [0.15, 0.2) is 60.8 Å². The van der Waals surface area contributed by atoms with Crippen LogP contribution < -0.4 is 10.1 Å². The molecular weight excluding hydrogens is 575 g/mol. The van der Waals surface area contributed by atoms with Gasteiger partial charge in [0.25, 0.3) is 5.91 Å². The second-order valence-electron chi connectivity index (χ2n) is 10.5. The summed E-state index contributed by atoms with van der Waals surface area (Å²) in [7, 11) is 2.94. The minimum absolute atomic E-state index is 0.00369. The lowest BCUT2D eigenvalue weighted by molar-refractivity contribution is -0.151. The number of alkyl halides is 1. The van der Waals surface area contributed by atoms with Crippen molar-refractivity contribution in [1.29, 1.82) is 0 Å². The Morgan fingerprint density at radius 2 is 1.89 bits per heavy atom. The molecule has 1 aliphatic heterocycles. The van der Waals surface area contributed by atoms with Gasteiger partial charge < -0.3 is 10.1 Å². The van der Waals surface area contributed by atoms with Gasteiger partial charge in [0.2, 0.25) is 5.88 Å². The van der Waals surface area contributed by atoms with E-state index in [0.29, 0.717) is 22.5 Å². The number of pyridine rings is 1. The van der Waals surface area contributed by atoms with Crippen LogP contribution in [-0.4, -0.2) is 65.4 Å². The number of nitrogens with one attached hydrogen (secondary N) is 1. The van der Waals surface area contributed by atoms with Crippen LogP contribution in [0.5, 0.6) is 5.88 Å². The summed E-state index contributed by atoms with van der Waals surface area (Å²) in [5, 5.41) is 8.83. The van der Waals surface area contributed by atoms with Gasteiger partial charge in [-0.05, 0) is 48.4 Å². The number of amides is 1. The summed E-state index contributed by atoms with van der Waals surface area (Å²) in [6, 6.07) is 14.4. The van der Waals surface area contributed by atoms with Gasteiger partial charge in [-0.15, -0.1) is 0 Å². The molecule has 0 radical (unpaired) electrons. The second-order valence-corrected chi connectivity index (χ2v) is 10.5. The molecule has 1 amide bonds. The number of halogens is 3. The molecule has 0 spiro atoms. The number of aromatic nitrogens is 3. The van der Waals surface area contributed by atoms with Gasteiger partial charge in [-0.1, -0.05) is 24.3 Å². The number of benzene rings is 2. The van der Waals surface area contributed by atoms with E-state index >= 15 is 0 Å². The number of rotatable bonds is 11. The molecular formula is C32H32F3N5O4. The van der Waals surface area contributed by atoms with Crippen molar-refractivity contribution in [2.45, 2.75) is 25.9 Å². The first-order chi connectivity index (χ1) is 21.2. The number of carbonyl (C=O) groups is 2. The Morgan fingerprint density at radius 1 is 1.11 bits per heavy atom. The van der Waals surface area contributed by atoms with Gasteiger partial charge in [0.1, 0.15) is 24.1 Å². The molecule has 230 valence electrons. The van der Waals surface area contributed by atoms with Crippen LogP contribution >= 0.6 is 0 Å². The molecule has 1 fully saturated rings. The van der Waals surface area contributed by atoms with Gasteiger partial charge in [-0.25, -0.2) is 22.8 Å². The summed E-state index contributed by atoms with van der Waals surface area (Å²) >= 11 is 0. The smallest absolute Gasteiger partial charge is 0.256 e. The molecule has 0 unspecified atom stereocenters. The molecule has 0 bridgehead atoms. The van der Waals surface area contributed by atoms with Gasteiger partial charge in [0.05, 0.1) is 30.7 Å². The topological polar surface area (TPSA) is 98.6 Å². The van der Waals surface area contributed by atoms with Gasteiger partial charge in [0, 0.05) is 44.1 Å². The van der Waals surface area contributed by atoms with Crippen molar-refractivity contribution in [3.8, 4) is 22.8 Å². The number of ether oxygens (including phenoxy) is 1. The zero-order valence-electron chi connectivity index (χ0n) is 24.5. The number of methoxy groups -OCH3 is 1. The number of nitrogens with zero attached hydrogens (tertiary/aromatic N) is 4. The van der Waals surface area contributed by atoms with Crippen molar-refractivity contribution < 1.29 is 32.3 Å². The number of hydrogen-bond donors (Lipinski definition) is 1. The standard InChI is InChI=1S/C32H32F3N5O4/c1-19-28(16-24(41)13-22-18-39(12-11-33)44-30(22)20-9-10-26(34)27(35)15-20)40(23-7-5-4-6-8-23)38-29(19)21-14-25(31(42)36-2)32(43-3)37-17-21/h4-10,14-15,17,22,30H,11-13,16,18H2,1-3H3,(H,36,42)/t22-,30+/m1/s1. The molecule has 1 aliphatic rings. The second kappa shape index (κ2) is 13.4. The number of hydroxylamine groups is 2. The normalized spacial score (nSPS) is 16.7. The van der Waals surface area contributed by atoms with Crippen molar-refractivity contribution in [2.75, 3.05) is 33.9 Å². The molecule has 3 heterocycles. The van der Waals surface area contributed by atoms with Gasteiger partial charge in [0.15, 0.2) is 11.6 Å². The molecule has 9 nitrogen and oxygen atoms in total. The Hall–Kier alpha value is -4.55. The molecule has 1 saturated heterocycles. The van der Waals surface area contributed by atoms with Crippen molar-refractivity contribution in [3.63, 3.8) is 0 Å². The first-order valence-electron chi connectivity index (χ1n) is 14.1. The summed E-state index contributed by atoms with van der Waals surface area (Å²) in [6.07, 6.45) is 0.865. The number of Topliss-reactive ketones (excluding diaryl/α,β-unsaturated/α-hetero) is 1. The first kappa shape index (κ1) is 30.9. The third-order valence-corrected chi connectivity index (χ3v) is 7.62. The highest BCUT2D eigenvalue weighted by molar-refractivity contribution is 5.97. The Labute approximate surface area is 252 Å². The SMILES string of the molecule is CNC(=O)c1cc(-c2nn(-c3ccccc3)c(CC(=O)C[C@@H]3CN(CCF)O[C@H]3c3ccc(F)c(F)c3)c2C)cnc1OC. The fourth-order valence-corrected chi connectivity index (χ4v) is 5.47. The van der Waals surface area contributed by atoms with Crippen LogP contribution in [-0.2, 0) is 16.1 Å². The van der Waals surface area contributed by atoms with E-state index in [0.717, 1.165) is 23.4 Å². The van der Waals surface area contributed by atoms with Gasteiger partial charge >= 0.3 is 0 Å². The van der Waals surface area contributed by atoms with Crippen molar-refractivity contribution in [2.24, 2.45) is 5.92 Å². The number of ketones is 1. The Balaban J connectivity index is 1.47. The number of carbonyl (C=O) groups excluding carboxylic acids is 2. The minimum atomic E-state index is -1.03. The van der Waals surface area contributed by atoms with Crippen LogP contribution in [0, 0.1) is 24.5 Å². The molecule has 2 aromatic carbocycles. The van der Waals surface area contributed by atoms with Crippen molar-refractivity contribution >= 4 is 11.7 Å². The van der Waals surface area contributed by atoms with Gasteiger partial charge in [-0.3, -0.25) is 14.4 Å². The van der Waals surface area contributed by atoms with Crippen molar-refractivity contribution in [3.05, 3.63) is 94.8 Å². The molecule has 2 atom stereocenters. The maximum atomic E-state index is 14.1. The average molecular weight is 608 g/mol. The van der Waals surface area contributed by atoms with E-state index in [-0.39, 0.29) is 49.1 Å². The molecule has 0 saturated carbocycles. The summed E-state index contributed by atoms with van der Waals surface area (Å²) in [5.41, 5.74) is 3.80. The fourth-order valence-electron chi connectivity index (χ4n) is 5.47. The lowest BCUT2D eigenvalue weighted by atomic mass is 9.90. The lowest BCUT2D eigenvalue weighted by Crippen LogP contribution is -2.23. The highest BCUT2D eigenvalue weighted by atomic mass is 19.2. The summed E-state index contributed by atoms with van der Waals surface area (Å²) < 4.78 is 47.8. The van der Waals surface area contributed by atoms with Gasteiger partial charge in [-0.2, -0.15) is 10.2 Å². The molecule has 0 aliphatic carbocycles. The molecule has 4 aromatic rings. The van der Waals surface area contributed by atoms with E-state index in [1.807, 2.05) is 37.3 Å². The van der Waals surface area contributed by atoms with Crippen LogP contribution in [0.2, 0.25) is 0 Å². The van der Waals surface area contributed by atoms with Crippen LogP contribution in [0.1, 0.15) is 39.7 Å². The molecule has 12 heteroatoms. The molecule has 2 aromatic heterocycles. The lowest BCUT2D eigenvalue weighted by Gasteiger charge is -2.18. The zero-order valence-corrected chi connectivity index (χ0v) is 24.5. The predicted octanol–water partition coefficient (Wildman–Crippen LogP) is 4.97. The summed E-state index contributed by atoms with van der Waals surface area (Å²) in [6.45, 7) is 1.43. The Bertz CT molecular complexity index is 1660. The maximum absolute atomic E-state index is 14.1. The fraction of sp³-hybridized carbons (Fsp3) is 0.312. The third kappa shape index (κ3) is 6.36. The highest BCUT2D eigenvalue weighted by Crippen LogP contribution is 2.37. The van der Waals surface area contributed by atoms with Crippen LogP contribution in [0.4, 0.5) is 13.2 Å². The van der Waals surface area contributed by atoms with Crippen LogP contribution in [0.25, 0.3) is 16.9 Å². The average Bonchev–Trinajstić information content (AvgIpc) is 3.58. The maximum Gasteiger partial charge on any atom is 0.256 e. The van der Waals surface area contributed by atoms with E-state index in [1.165, 1.54) is 25.3 Å². The highest BCUT2D eigenvalue weighted by Gasteiger charge is 2.37. The van der Waals surface area contributed by atoms with E-state index in [1.54, 1.807) is 16.9 Å². The van der Waals surface area contributed by atoms with Crippen molar-refractivity contribution in [1.82, 2.24) is 25.1 Å². The number of hydrogen-bond acceptors (Lipinski definition) is 7. The molecule has 1 N–H and O–H groups in total. The largest absolute Gasteiger partial charge is 0.480 e. The molecule has 5 rings (SSSR count). The monoisotopic (exact) mass is 607 g/mol. The minimum Gasteiger partial charge on any atom is -0.480 e. The first-order valence-corrected chi connectivity index (χ1v) is 14.1.